The molecule has 5 heteroatoms. The Hall–Kier alpha value is -2.14. The number of hydrogen-bond acceptors (Lipinski definition) is 3. The van der Waals surface area contributed by atoms with Gasteiger partial charge in [0.25, 0.3) is 0 Å². The Kier molecular flexibility index (Phi) is 3.78. The summed E-state index contributed by atoms with van der Waals surface area (Å²) in [5, 5.41) is 6.37. The Morgan fingerprint density at radius 2 is 2.40 bits per heavy atom. The molecule has 0 fully saturated rings. The molecule has 2 heterocycles. The normalized spacial score (nSPS) is 13.8. The zero-order valence-corrected chi connectivity index (χ0v) is 11.3. The molecule has 104 valence electrons. The number of imidazole rings is 1. The van der Waals surface area contributed by atoms with Gasteiger partial charge in [-0.1, -0.05) is 12.1 Å². The van der Waals surface area contributed by atoms with Gasteiger partial charge in [-0.3, -0.25) is 4.79 Å². The van der Waals surface area contributed by atoms with Crippen molar-refractivity contribution >= 4 is 11.6 Å². The Bertz CT molecular complexity index is 592. The monoisotopic (exact) mass is 270 g/mol. The second-order valence-electron chi connectivity index (χ2n) is 4.97. The Balaban J connectivity index is 1.64. The summed E-state index contributed by atoms with van der Waals surface area (Å²) < 4.78 is 1.91. The van der Waals surface area contributed by atoms with Crippen LogP contribution in [0.5, 0.6) is 0 Å². The van der Waals surface area contributed by atoms with Crippen molar-refractivity contribution in [1.82, 2.24) is 14.9 Å². The first-order chi connectivity index (χ1) is 9.83. The highest BCUT2D eigenvalue weighted by atomic mass is 16.1. The van der Waals surface area contributed by atoms with Crippen LogP contribution < -0.4 is 10.6 Å². The number of benzene rings is 1. The molecule has 5 nitrogen and oxygen atoms in total. The highest BCUT2D eigenvalue weighted by Crippen LogP contribution is 2.23. The van der Waals surface area contributed by atoms with E-state index in [2.05, 4.69) is 21.7 Å². The largest absolute Gasteiger partial charge is 0.337 e. The molecule has 3 rings (SSSR count). The maximum atomic E-state index is 12.0. The molecule has 1 aromatic carbocycles. The Morgan fingerprint density at radius 1 is 1.45 bits per heavy atom. The van der Waals surface area contributed by atoms with Gasteiger partial charge in [-0.2, -0.15) is 0 Å². The van der Waals surface area contributed by atoms with E-state index in [1.54, 1.807) is 12.5 Å². The second kappa shape index (κ2) is 5.88. The van der Waals surface area contributed by atoms with Gasteiger partial charge in [0.1, 0.15) is 0 Å². The van der Waals surface area contributed by atoms with E-state index >= 15 is 0 Å². The standard InChI is InChI=1S/C15H18N4O/c20-15(5-8-19-9-7-17-11-19)18-14-3-1-2-12-10-16-6-4-13(12)14/h1-3,7,9,11,16H,4-6,8,10H2,(H,18,20). The summed E-state index contributed by atoms with van der Waals surface area (Å²) >= 11 is 0. The fourth-order valence-corrected chi connectivity index (χ4v) is 2.51. The molecule has 0 saturated carbocycles. The van der Waals surface area contributed by atoms with Crippen molar-refractivity contribution in [3.63, 3.8) is 0 Å². The van der Waals surface area contributed by atoms with Crippen LogP contribution in [0.2, 0.25) is 0 Å². The summed E-state index contributed by atoms with van der Waals surface area (Å²) in [7, 11) is 0. The smallest absolute Gasteiger partial charge is 0.226 e. The Morgan fingerprint density at radius 3 is 3.25 bits per heavy atom. The van der Waals surface area contributed by atoms with Crippen molar-refractivity contribution in [2.45, 2.75) is 25.9 Å². The molecule has 0 radical (unpaired) electrons. The van der Waals surface area contributed by atoms with Gasteiger partial charge in [0, 0.05) is 37.6 Å². The van der Waals surface area contributed by atoms with E-state index in [4.69, 9.17) is 0 Å². The van der Waals surface area contributed by atoms with Gasteiger partial charge in [0.05, 0.1) is 6.33 Å². The van der Waals surface area contributed by atoms with Gasteiger partial charge in [-0.05, 0) is 30.2 Å². The van der Waals surface area contributed by atoms with E-state index in [0.29, 0.717) is 13.0 Å². The molecular formula is C15H18N4O. The number of fused-ring (bicyclic) bond motifs is 1. The van der Waals surface area contributed by atoms with Gasteiger partial charge in [0.15, 0.2) is 0 Å². The number of carbonyl (C=O) groups is 1. The van der Waals surface area contributed by atoms with Crippen LogP contribution in [-0.4, -0.2) is 22.0 Å². The van der Waals surface area contributed by atoms with Gasteiger partial charge >= 0.3 is 0 Å². The molecule has 1 aliphatic heterocycles. The first-order valence-electron chi connectivity index (χ1n) is 6.90. The number of rotatable bonds is 4. The average Bonchev–Trinajstić information content (AvgIpc) is 2.99. The average molecular weight is 270 g/mol. The van der Waals surface area contributed by atoms with Gasteiger partial charge in [-0.25, -0.2) is 4.98 Å². The lowest BCUT2D eigenvalue weighted by atomic mass is 9.99. The van der Waals surface area contributed by atoms with Gasteiger partial charge in [0.2, 0.25) is 5.91 Å². The van der Waals surface area contributed by atoms with E-state index in [-0.39, 0.29) is 5.91 Å². The van der Waals surface area contributed by atoms with Gasteiger partial charge in [-0.15, -0.1) is 0 Å². The molecule has 0 unspecified atom stereocenters. The minimum Gasteiger partial charge on any atom is -0.337 e. The molecule has 0 saturated heterocycles. The van der Waals surface area contributed by atoms with E-state index < -0.39 is 0 Å². The molecule has 20 heavy (non-hydrogen) atoms. The molecule has 0 atom stereocenters. The van der Waals surface area contributed by atoms with Crippen LogP contribution in [0.4, 0.5) is 5.69 Å². The minimum absolute atomic E-state index is 0.0469. The lowest BCUT2D eigenvalue weighted by molar-refractivity contribution is -0.116. The highest BCUT2D eigenvalue weighted by Gasteiger charge is 2.13. The fourth-order valence-electron chi connectivity index (χ4n) is 2.51. The number of anilines is 1. The van der Waals surface area contributed by atoms with Crippen LogP contribution in [0.15, 0.2) is 36.9 Å². The highest BCUT2D eigenvalue weighted by molar-refractivity contribution is 5.91. The number of aryl methyl sites for hydroxylation is 1. The van der Waals surface area contributed by atoms with Crippen molar-refractivity contribution in [3.05, 3.63) is 48.0 Å². The maximum Gasteiger partial charge on any atom is 0.226 e. The van der Waals surface area contributed by atoms with Crippen LogP contribution in [0.1, 0.15) is 17.5 Å². The minimum atomic E-state index is 0.0469. The van der Waals surface area contributed by atoms with Crippen LogP contribution in [0, 0.1) is 0 Å². The third-order valence-corrected chi connectivity index (χ3v) is 3.57. The van der Waals surface area contributed by atoms with Crippen LogP contribution in [0.3, 0.4) is 0 Å². The summed E-state index contributed by atoms with van der Waals surface area (Å²) in [5.74, 6) is 0.0469. The summed E-state index contributed by atoms with van der Waals surface area (Å²) in [6, 6.07) is 6.10. The molecule has 0 aliphatic carbocycles. The van der Waals surface area contributed by atoms with Crippen molar-refractivity contribution in [1.29, 1.82) is 0 Å². The number of nitrogens with one attached hydrogen (secondary N) is 2. The topological polar surface area (TPSA) is 59.0 Å². The third-order valence-electron chi connectivity index (χ3n) is 3.57. The lowest BCUT2D eigenvalue weighted by Gasteiger charge is -2.20. The van der Waals surface area contributed by atoms with Crippen molar-refractivity contribution in [2.75, 3.05) is 11.9 Å². The van der Waals surface area contributed by atoms with E-state index in [0.717, 1.165) is 25.2 Å². The molecule has 1 aliphatic rings. The first kappa shape index (κ1) is 12.9. The van der Waals surface area contributed by atoms with E-state index in [1.807, 2.05) is 22.9 Å². The molecule has 2 aromatic rings. The summed E-state index contributed by atoms with van der Waals surface area (Å²) in [5.41, 5.74) is 3.51. The quantitative estimate of drug-likeness (QED) is 0.886. The second-order valence-corrected chi connectivity index (χ2v) is 4.97. The lowest BCUT2D eigenvalue weighted by Crippen LogP contribution is -2.25. The van der Waals surface area contributed by atoms with Crippen LogP contribution in [-0.2, 0) is 24.3 Å². The van der Waals surface area contributed by atoms with E-state index in [1.165, 1.54) is 11.1 Å². The predicted molar refractivity (Wildman–Crippen MR) is 77.3 cm³/mol. The summed E-state index contributed by atoms with van der Waals surface area (Å²) in [6.45, 7) is 2.51. The molecule has 0 spiro atoms. The van der Waals surface area contributed by atoms with Crippen LogP contribution in [0.25, 0.3) is 0 Å². The first-order valence-corrected chi connectivity index (χ1v) is 6.90. The zero-order chi connectivity index (χ0) is 13.8. The van der Waals surface area contributed by atoms with Crippen LogP contribution >= 0.6 is 0 Å². The number of hydrogen-bond donors (Lipinski definition) is 2. The molecule has 1 aromatic heterocycles. The zero-order valence-electron chi connectivity index (χ0n) is 11.3. The molecule has 1 amide bonds. The number of amides is 1. The SMILES string of the molecule is O=C(CCn1ccnc1)Nc1cccc2c1CCNC2. The summed E-state index contributed by atoms with van der Waals surface area (Å²) in [4.78, 5) is 16.0. The molecule has 2 N–H and O–H groups in total. The predicted octanol–water partition coefficient (Wildman–Crippen LogP) is 1.56. The Labute approximate surface area is 118 Å². The summed E-state index contributed by atoms with van der Waals surface area (Å²) in [6.07, 6.45) is 6.73. The molecule has 0 bridgehead atoms. The van der Waals surface area contributed by atoms with Gasteiger partial charge < -0.3 is 15.2 Å². The fraction of sp³-hybridized carbons (Fsp3) is 0.333. The number of nitrogens with zero attached hydrogens (tertiary/aromatic N) is 2. The van der Waals surface area contributed by atoms with Crippen molar-refractivity contribution in [2.24, 2.45) is 0 Å². The maximum absolute atomic E-state index is 12.0. The van der Waals surface area contributed by atoms with E-state index in [9.17, 15) is 4.79 Å². The van der Waals surface area contributed by atoms with Crippen molar-refractivity contribution < 1.29 is 4.79 Å². The number of aromatic nitrogens is 2. The van der Waals surface area contributed by atoms with Crippen molar-refractivity contribution in [3.8, 4) is 0 Å². The number of carbonyl (C=O) groups excluding carboxylic acids is 1. The third kappa shape index (κ3) is 2.88. The molecular weight excluding hydrogens is 252 g/mol.